The first-order valence-electron chi connectivity index (χ1n) is 7.69. The molecule has 0 aliphatic heterocycles. The van der Waals surface area contributed by atoms with Crippen LogP contribution in [0.25, 0.3) is 10.9 Å². The van der Waals surface area contributed by atoms with E-state index in [4.69, 9.17) is 0 Å². The molecule has 3 aromatic rings. The van der Waals surface area contributed by atoms with Crippen LogP contribution in [0, 0.1) is 27.7 Å². The normalized spacial score (nSPS) is 10.7. The summed E-state index contributed by atoms with van der Waals surface area (Å²) in [5.74, 6) is 0.0919. The van der Waals surface area contributed by atoms with Crippen LogP contribution in [0.15, 0.2) is 30.3 Å². The number of hydrazine groups is 1. The Kier molecular flexibility index (Phi) is 4.12. The van der Waals surface area contributed by atoms with Gasteiger partial charge in [0.2, 0.25) is 5.95 Å². The highest BCUT2D eigenvalue weighted by molar-refractivity contribution is 5.99. The van der Waals surface area contributed by atoms with E-state index in [9.17, 15) is 4.79 Å². The van der Waals surface area contributed by atoms with Crippen LogP contribution >= 0.6 is 0 Å². The number of fused-ring (bicyclic) bond motifs is 1. The van der Waals surface area contributed by atoms with E-state index in [0.29, 0.717) is 17.2 Å². The number of rotatable bonds is 3. The second-order valence-electron chi connectivity index (χ2n) is 5.87. The Morgan fingerprint density at radius 1 is 0.917 bits per heavy atom. The van der Waals surface area contributed by atoms with Gasteiger partial charge in [-0.25, -0.2) is 9.97 Å². The van der Waals surface area contributed by atoms with Gasteiger partial charge in [-0.2, -0.15) is 0 Å². The molecule has 0 unspecified atom stereocenters. The van der Waals surface area contributed by atoms with E-state index in [1.807, 2.05) is 58.0 Å². The van der Waals surface area contributed by atoms with Gasteiger partial charge in [-0.15, -0.1) is 0 Å². The number of pyridine rings is 1. The average Bonchev–Trinajstić information content (AvgIpc) is 2.51. The van der Waals surface area contributed by atoms with E-state index >= 15 is 0 Å². The van der Waals surface area contributed by atoms with Crippen molar-refractivity contribution in [3.63, 3.8) is 0 Å². The Balaban J connectivity index is 1.84. The molecule has 2 aromatic heterocycles. The van der Waals surface area contributed by atoms with E-state index in [2.05, 4.69) is 25.8 Å². The van der Waals surface area contributed by atoms with E-state index in [1.54, 1.807) is 0 Å². The number of nitrogens with zero attached hydrogens (tertiary/aromatic N) is 3. The average molecular weight is 321 g/mol. The van der Waals surface area contributed by atoms with Crippen LogP contribution < -0.4 is 10.9 Å². The molecule has 24 heavy (non-hydrogen) atoms. The highest BCUT2D eigenvalue weighted by Crippen LogP contribution is 2.18. The van der Waals surface area contributed by atoms with Crippen LogP contribution in [-0.4, -0.2) is 20.9 Å². The van der Waals surface area contributed by atoms with Crippen molar-refractivity contribution in [1.29, 1.82) is 0 Å². The Morgan fingerprint density at radius 3 is 2.33 bits per heavy atom. The molecular weight excluding hydrogens is 302 g/mol. The minimum absolute atomic E-state index is 0.272. The van der Waals surface area contributed by atoms with Crippen LogP contribution in [0.2, 0.25) is 0 Å². The number of aryl methyl sites for hydroxylation is 4. The predicted octanol–water partition coefficient (Wildman–Crippen LogP) is 3.02. The van der Waals surface area contributed by atoms with Gasteiger partial charge in [0, 0.05) is 16.8 Å². The van der Waals surface area contributed by atoms with E-state index in [0.717, 1.165) is 27.9 Å². The number of aromatic nitrogens is 3. The zero-order valence-corrected chi connectivity index (χ0v) is 14.1. The van der Waals surface area contributed by atoms with Crippen molar-refractivity contribution in [3.05, 3.63) is 58.5 Å². The SMILES string of the molecule is Cc1ccc2nc(C)c(C(=O)NNc3nc(C)cc(C)n3)cc2c1. The molecule has 2 N–H and O–H groups in total. The van der Waals surface area contributed by atoms with Crippen LogP contribution in [0.1, 0.15) is 33.0 Å². The van der Waals surface area contributed by atoms with E-state index in [1.165, 1.54) is 0 Å². The van der Waals surface area contributed by atoms with Crippen molar-refractivity contribution >= 4 is 22.8 Å². The van der Waals surface area contributed by atoms with Crippen molar-refractivity contribution in [2.45, 2.75) is 27.7 Å². The largest absolute Gasteiger partial charge is 0.271 e. The molecule has 6 heteroatoms. The van der Waals surface area contributed by atoms with Gasteiger partial charge in [-0.3, -0.25) is 20.6 Å². The molecular formula is C18H19N5O. The maximum absolute atomic E-state index is 12.5. The number of nitrogens with one attached hydrogen (secondary N) is 2. The number of amides is 1. The van der Waals surface area contributed by atoms with E-state index in [-0.39, 0.29) is 5.91 Å². The van der Waals surface area contributed by atoms with Gasteiger partial charge in [0.15, 0.2) is 0 Å². The first-order chi connectivity index (χ1) is 11.4. The molecule has 0 atom stereocenters. The molecule has 1 amide bonds. The lowest BCUT2D eigenvalue weighted by molar-refractivity contribution is 0.0961. The minimum Gasteiger partial charge on any atom is -0.267 e. The lowest BCUT2D eigenvalue weighted by Gasteiger charge is -2.10. The summed E-state index contributed by atoms with van der Waals surface area (Å²) in [6.07, 6.45) is 0. The topological polar surface area (TPSA) is 79.8 Å². The van der Waals surface area contributed by atoms with Crippen molar-refractivity contribution in [1.82, 2.24) is 20.4 Å². The van der Waals surface area contributed by atoms with Gasteiger partial charge in [0.25, 0.3) is 5.91 Å². The molecule has 122 valence electrons. The predicted molar refractivity (Wildman–Crippen MR) is 93.8 cm³/mol. The van der Waals surface area contributed by atoms with Crippen LogP contribution in [-0.2, 0) is 0 Å². The summed E-state index contributed by atoms with van der Waals surface area (Å²) in [6, 6.07) is 9.70. The third-order valence-electron chi connectivity index (χ3n) is 3.68. The van der Waals surface area contributed by atoms with Crippen LogP contribution in [0.3, 0.4) is 0 Å². The number of anilines is 1. The molecule has 6 nitrogen and oxygen atoms in total. The highest BCUT2D eigenvalue weighted by atomic mass is 16.2. The third-order valence-corrected chi connectivity index (χ3v) is 3.68. The van der Waals surface area contributed by atoms with Crippen LogP contribution in [0.4, 0.5) is 5.95 Å². The van der Waals surface area contributed by atoms with Crippen molar-refractivity contribution in [2.24, 2.45) is 0 Å². The molecule has 3 rings (SSSR count). The molecule has 1 aromatic carbocycles. The quantitative estimate of drug-likeness (QED) is 0.725. The summed E-state index contributed by atoms with van der Waals surface area (Å²) < 4.78 is 0. The highest BCUT2D eigenvalue weighted by Gasteiger charge is 2.12. The summed E-state index contributed by atoms with van der Waals surface area (Å²) >= 11 is 0. The molecule has 0 radical (unpaired) electrons. The monoisotopic (exact) mass is 321 g/mol. The molecule has 2 heterocycles. The third kappa shape index (κ3) is 3.32. The zero-order chi connectivity index (χ0) is 17.3. The summed E-state index contributed by atoms with van der Waals surface area (Å²) in [5.41, 5.74) is 10.3. The van der Waals surface area contributed by atoms with Gasteiger partial charge in [0.05, 0.1) is 16.8 Å². The van der Waals surface area contributed by atoms with Crippen LogP contribution in [0.5, 0.6) is 0 Å². The molecule has 0 fully saturated rings. The molecule has 0 aliphatic carbocycles. The maximum atomic E-state index is 12.5. The summed E-state index contributed by atoms with van der Waals surface area (Å²) in [4.78, 5) is 25.4. The van der Waals surface area contributed by atoms with Gasteiger partial charge in [-0.1, -0.05) is 11.6 Å². The smallest absolute Gasteiger partial charge is 0.267 e. The number of hydrogen-bond acceptors (Lipinski definition) is 5. The second kappa shape index (κ2) is 6.23. The summed E-state index contributed by atoms with van der Waals surface area (Å²) in [5, 5.41) is 0.938. The van der Waals surface area contributed by atoms with Crippen molar-refractivity contribution in [2.75, 3.05) is 5.43 Å². The standard InChI is InChI=1S/C18H19N5O/c1-10-5-6-16-14(7-10)9-15(13(4)21-16)17(24)22-23-18-19-11(2)8-12(3)20-18/h5-9H,1-4H3,(H,22,24)(H,19,20,23). The molecule has 0 spiro atoms. The Labute approximate surface area is 140 Å². The molecule has 0 saturated heterocycles. The number of carbonyl (C=O) groups excluding carboxylic acids is 1. The maximum Gasteiger partial charge on any atom is 0.271 e. The Hall–Kier alpha value is -3.02. The van der Waals surface area contributed by atoms with Gasteiger partial charge in [0.1, 0.15) is 0 Å². The Morgan fingerprint density at radius 2 is 1.62 bits per heavy atom. The first kappa shape index (κ1) is 15.9. The summed E-state index contributed by atoms with van der Waals surface area (Å²) in [6.45, 7) is 7.59. The molecule has 0 bridgehead atoms. The fourth-order valence-corrected chi connectivity index (χ4v) is 2.58. The first-order valence-corrected chi connectivity index (χ1v) is 7.69. The van der Waals surface area contributed by atoms with Crippen molar-refractivity contribution in [3.8, 4) is 0 Å². The molecule has 0 aliphatic rings. The fourth-order valence-electron chi connectivity index (χ4n) is 2.58. The number of benzene rings is 1. The van der Waals surface area contributed by atoms with Gasteiger partial charge < -0.3 is 0 Å². The van der Waals surface area contributed by atoms with Gasteiger partial charge in [-0.05, 0) is 52.0 Å². The lowest BCUT2D eigenvalue weighted by Crippen LogP contribution is -2.31. The number of hydrogen-bond donors (Lipinski definition) is 2. The minimum atomic E-state index is -0.272. The molecule has 0 saturated carbocycles. The Bertz CT molecular complexity index is 916. The second-order valence-corrected chi connectivity index (χ2v) is 5.87. The lowest BCUT2D eigenvalue weighted by atomic mass is 10.1. The fraction of sp³-hybridized carbons (Fsp3) is 0.222. The van der Waals surface area contributed by atoms with Crippen molar-refractivity contribution < 1.29 is 4.79 Å². The summed E-state index contributed by atoms with van der Waals surface area (Å²) in [7, 11) is 0. The zero-order valence-electron chi connectivity index (χ0n) is 14.1. The van der Waals surface area contributed by atoms with E-state index < -0.39 is 0 Å². The van der Waals surface area contributed by atoms with Gasteiger partial charge >= 0.3 is 0 Å². The number of carbonyl (C=O) groups is 1.